The smallest absolute Gasteiger partial charge is 0.329 e. The van der Waals surface area contributed by atoms with E-state index in [2.05, 4.69) is 5.32 Å². The highest BCUT2D eigenvalue weighted by atomic mass is 16.5. The first-order valence-electron chi connectivity index (χ1n) is 8.51. The van der Waals surface area contributed by atoms with E-state index in [0.717, 1.165) is 5.56 Å². The van der Waals surface area contributed by atoms with E-state index >= 15 is 0 Å². The van der Waals surface area contributed by atoms with Crippen LogP contribution in [0.3, 0.4) is 0 Å². The third-order valence-corrected chi connectivity index (χ3v) is 4.04. The first kappa shape index (κ1) is 19.4. The highest BCUT2D eigenvalue weighted by Crippen LogP contribution is 2.10. The van der Waals surface area contributed by atoms with Crippen LogP contribution in [0.4, 0.5) is 0 Å². The SMILES string of the molecule is Cc1ccccc1C(=O)N[C@H](C(=O)OCC(=O)c1ccccc1)C(C)C. The lowest BCUT2D eigenvalue weighted by molar-refractivity contribution is -0.145. The van der Waals surface area contributed by atoms with Gasteiger partial charge in [-0.25, -0.2) is 4.79 Å². The summed E-state index contributed by atoms with van der Waals surface area (Å²) < 4.78 is 5.15. The second-order valence-electron chi connectivity index (χ2n) is 6.41. The summed E-state index contributed by atoms with van der Waals surface area (Å²) in [4.78, 5) is 36.9. The fraction of sp³-hybridized carbons (Fsp3) is 0.286. The predicted molar refractivity (Wildman–Crippen MR) is 99.0 cm³/mol. The van der Waals surface area contributed by atoms with Crippen LogP contribution in [0.15, 0.2) is 54.6 Å². The topological polar surface area (TPSA) is 72.5 Å². The number of aryl methyl sites for hydroxylation is 1. The van der Waals surface area contributed by atoms with Crippen molar-refractivity contribution in [3.8, 4) is 0 Å². The van der Waals surface area contributed by atoms with Gasteiger partial charge in [0.05, 0.1) is 0 Å². The number of carbonyl (C=O) groups is 3. The molecule has 0 fully saturated rings. The molecule has 2 rings (SSSR count). The highest BCUT2D eigenvalue weighted by molar-refractivity contribution is 5.99. The number of esters is 1. The maximum absolute atomic E-state index is 12.5. The summed E-state index contributed by atoms with van der Waals surface area (Å²) in [7, 11) is 0. The molecule has 0 bridgehead atoms. The van der Waals surface area contributed by atoms with Gasteiger partial charge < -0.3 is 10.1 Å². The van der Waals surface area contributed by atoms with Gasteiger partial charge in [-0.15, -0.1) is 0 Å². The van der Waals surface area contributed by atoms with E-state index in [-0.39, 0.29) is 24.2 Å². The van der Waals surface area contributed by atoms with Crippen LogP contribution in [0.5, 0.6) is 0 Å². The quantitative estimate of drug-likeness (QED) is 0.613. The highest BCUT2D eigenvalue weighted by Gasteiger charge is 2.27. The van der Waals surface area contributed by atoms with Crippen LogP contribution < -0.4 is 5.32 Å². The van der Waals surface area contributed by atoms with Crippen LogP contribution in [0.25, 0.3) is 0 Å². The van der Waals surface area contributed by atoms with Crippen molar-refractivity contribution >= 4 is 17.7 Å². The Bertz CT molecular complexity index is 784. The molecule has 5 nitrogen and oxygen atoms in total. The van der Waals surface area contributed by atoms with Crippen molar-refractivity contribution in [2.45, 2.75) is 26.8 Å². The second kappa shape index (κ2) is 8.94. The lowest BCUT2D eigenvalue weighted by Gasteiger charge is -2.21. The maximum Gasteiger partial charge on any atom is 0.329 e. The number of benzene rings is 2. The molecule has 1 atom stereocenters. The molecular weight excluding hydrogens is 330 g/mol. The Hall–Kier alpha value is -2.95. The van der Waals surface area contributed by atoms with Gasteiger partial charge in [0.1, 0.15) is 6.04 Å². The summed E-state index contributed by atoms with van der Waals surface area (Å²) in [5.41, 5.74) is 1.80. The second-order valence-corrected chi connectivity index (χ2v) is 6.41. The minimum atomic E-state index is -0.828. The molecule has 0 saturated carbocycles. The number of ketones is 1. The molecule has 0 radical (unpaired) electrons. The fourth-order valence-corrected chi connectivity index (χ4v) is 2.48. The zero-order valence-corrected chi connectivity index (χ0v) is 15.2. The van der Waals surface area contributed by atoms with Crippen molar-refractivity contribution in [2.24, 2.45) is 5.92 Å². The Morgan fingerprint density at radius 3 is 2.19 bits per heavy atom. The molecule has 1 amide bonds. The molecule has 0 unspecified atom stereocenters. The van der Waals surface area contributed by atoms with Gasteiger partial charge in [0.25, 0.3) is 5.91 Å². The van der Waals surface area contributed by atoms with Crippen LogP contribution >= 0.6 is 0 Å². The molecule has 0 aromatic heterocycles. The minimum Gasteiger partial charge on any atom is -0.456 e. The van der Waals surface area contributed by atoms with Gasteiger partial charge in [-0.3, -0.25) is 9.59 Å². The molecule has 0 aliphatic rings. The Kier molecular flexibility index (Phi) is 6.67. The van der Waals surface area contributed by atoms with Gasteiger partial charge in [-0.2, -0.15) is 0 Å². The molecule has 1 N–H and O–H groups in total. The first-order valence-corrected chi connectivity index (χ1v) is 8.51. The summed E-state index contributed by atoms with van der Waals surface area (Å²) in [5.74, 6) is -1.42. The van der Waals surface area contributed by atoms with E-state index in [1.165, 1.54) is 0 Å². The predicted octanol–water partition coefficient (Wildman–Crippen LogP) is 3.18. The summed E-state index contributed by atoms with van der Waals surface area (Å²) >= 11 is 0. The Morgan fingerprint density at radius 2 is 1.58 bits per heavy atom. The average molecular weight is 353 g/mol. The van der Waals surface area contributed by atoms with Crippen LogP contribution in [0.1, 0.15) is 40.1 Å². The van der Waals surface area contributed by atoms with Crippen LogP contribution in [-0.2, 0) is 9.53 Å². The molecule has 2 aromatic rings. The summed E-state index contributed by atoms with van der Waals surface area (Å²) in [6, 6.07) is 14.9. The van der Waals surface area contributed by atoms with Crippen LogP contribution in [-0.4, -0.2) is 30.3 Å². The van der Waals surface area contributed by atoms with Gasteiger partial charge in [-0.1, -0.05) is 62.4 Å². The number of carbonyl (C=O) groups excluding carboxylic acids is 3. The average Bonchev–Trinajstić information content (AvgIpc) is 2.64. The monoisotopic (exact) mass is 353 g/mol. The zero-order valence-electron chi connectivity index (χ0n) is 15.2. The van der Waals surface area contributed by atoms with Crippen LogP contribution in [0.2, 0.25) is 0 Å². The Morgan fingerprint density at radius 1 is 0.962 bits per heavy atom. The molecular formula is C21H23NO4. The fourth-order valence-electron chi connectivity index (χ4n) is 2.48. The normalized spacial score (nSPS) is 11.7. The van der Waals surface area contributed by atoms with E-state index in [4.69, 9.17) is 4.74 Å². The van der Waals surface area contributed by atoms with Crippen molar-refractivity contribution < 1.29 is 19.1 Å². The van der Waals surface area contributed by atoms with Crippen LogP contribution in [0, 0.1) is 12.8 Å². The zero-order chi connectivity index (χ0) is 19.1. The molecule has 136 valence electrons. The summed E-state index contributed by atoms with van der Waals surface area (Å²) in [6.07, 6.45) is 0. The van der Waals surface area contributed by atoms with E-state index in [1.54, 1.807) is 42.5 Å². The largest absolute Gasteiger partial charge is 0.456 e. The lowest BCUT2D eigenvalue weighted by atomic mass is 10.0. The third kappa shape index (κ3) is 5.02. The number of hydrogen-bond donors (Lipinski definition) is 1. The molecule has 0 aliphatic carbocycles. The number of hydrogen-bond acceptors (Lipinski definition) is 4. The van der Waals surface area contributed by atoms with Gasteiger partial charge in [0, 0.05) is 11.1 Å². The number of ether oxygens (including phenoxy) is 1. The van der Waals surface area contributed by atoms with E-state index < -0.39 is 12.0 Å². The minimum absolute atomic E-state index is 0.178. The van der Waals surface area contributed by atoms with Crippen molar-refractivity contribution in [2.75, 3.05) is 6.61 Å². The van der Waals surface area contributed by atoms with Gasteiger partial charge >= 0.3 is 5.97 Å². The molecule has 26 heavy (non-hydrogen) atoms. The van der Waals surface area contributed by atoms with E-state index in [9.17, 15) is 14.4 Å². The van der Waals surface area contributed by atoms with E-state index in [0.29, 0.717) is 11.1 Å². The van der Waals surface area contributed by atoms with Gasteiger partial charge in [0.15, 0.2) is 12.4 Å². The number of amides is 1. The standard InChI is InChI=1S/C21H23NO4/c1-14(2)19(22-20(24)17-12-8-7-9-15(17)3)21(25)26-13-18(23)16-10-5-4-6-11-16/h4-12,14,19H,13H2,1-3H3,(H,22,24)/t19-/m0/s1. The molecule has 0 spiro atoms. The lowest BCUT2D eigenvalue weighted by Crippen LogP contribution is -2.45. The van der Waals surface area contributed by atoms with Crippen molar-refractivity contribution in [3.05, 3.63) is 71.3 Å². The third-order valence-electron chi connectivity index (χ3n) is 4.04. The van der Waals surface area contributed by atoms with Crippen molar-refractivity contribution in [3.63, 3.8) is 0 Å². The molecule has 0 saturated heterocycles. The number of nitrogens with one attached hydrogen (secondary N) is 1. The van der Waals surface area contributed by atoms with Crippen molar-refractivity contribution in [1.29, 1.82) is 0 Å². The number of Topliss-reactive ketones (excluding diaryl/α,β-unsaturated/α-hetero) is 1. The molecule has 0 aliphatic heterocycles. The Labute approximate surface area is 153 Å². The Balaban J connectivity index is 2.00. The summed E-state index contributed by atoms with van der Waals surface area (Å²) in [5, 5.41) is 2.71. The first-order chi connectivity index (χ1) is 12.4. The van der Waals surface area contributed by atoms with Crippen molar-refractivity contribution in [1.82, 2.24) is 5.32 Å². The number of rotatable bonds is 7. The molecule has 0 heterocycles. The molecule has 5 heteroatoms. The van der Waals surface area contributed by atoms with E-state index in [1.807, 2.05) is 32.9 Å². The maximum atomic E-state index is 12.5. The van der Waals surface area contributed by atoms with Gasteiger partial charge in [0.2, 0.25) is 0 Å². The molecule has 2 aromatic carbocycles. The van der Waals surface area contributed by atoms with Gasteiger partial charge in [-0.05, 0) is 24.5 Å². The summed E-state index contributed by atoms with van der Waals surface area (Å²) in [6.45, 7) is 5.09.